The van der Waals surface area contributed by atoms with Crippen LogP contribution in [-0.2, 0) is 24.8 Å². The molecule has 0 unspecified atom stereocenters. The van der Waals surface area contributed by atoms with Crippen LogP contribution < -0.4 is 19.1 Å². The van der Waals surface area contributed by atoms with Crippen LogP contribution in [0, 0.1) is 0 Å². The number of ether oxygens (including phenoxy) is 1. The number of benzene rings is 3. The van der Waals surface area contributed by atoms with Crippen molar-refractivity contribution in [2.24, 2.45) is 0 Å². The first-order chi connectivity index (χ1) is 16.0. The summed E-state index contributed by atoms with van der Waals surface area (Å²) in [4.78, 5) is 12.6. The van der Waals surface area contributed by atoms with Gasteiger partial charge in [0.05, 0.1) is 23.9 Å². The van der Waals surface area contributed by atoms with Crippen LogP contribution in [0.3, 0.4) is 0 Å². The van der Waals surface area contributed by atoms with E-state index in [0.717, 1.165) is 15.0 Å². The summed E-state index contributed by atoms with van der Waals surface area (Å²) < 4.78 is 59.1. The van der Waals surface area contributed by atoms with E-state index < -0.39 is 32.5 Å². The zero-order valence-corrected chi connectivity index (χ0v) is 21.4. The molecule has 180 valence electrons. The standard InChI is InChI=1S/C22H22BrN3O6S2/c1-32-20-5-3-4-19(14-20)26(33(2,28)29)15-22(27)24-17-10-12-21(13-11-17)34(30,31)25-18-8-6-16(23)7-9-18/h3-14,25H,15H2,1-2H3,(H,24,27). The van der Waals surface area contributed by atoms with E-state index in [1.165, 1.54) is 37.4 Å². The fourth-order valence-electron chi connectivity index (χ4n) is 2.95. The van der Waals surface area contributed by atoms with Crippen molar-refractivity contribution in [2.75, 3.05) is 34.3 Å². The molecule has 3 rings (SSSR count). The third-order valence-corrected chi connectivity index (χ3v) is 7.64. The zero-order valence-electron chi connectivity index (χ0n) is 18.2. The summed E-state index contributed by atoms with van der Waals surface area (Å²) in [7, 11) is -6.14. The third kappa shape index (κ3) is 6.72. The van der Waals surface area contributed by atoms with Gasteiger partial charge in [-0.1, -0.05) is 22.0 Å². The number of sulfonamides is 2. The maximum atomic E-state index is 12.6. The number of nitrogens with one attached hydrogen (secondary N) is 2. The molecule has 34 heavy (non-hydrogen) atoms. The second-order valence-electron chi connectivity index (χ2n) is 7.16. The van der Waals surface area contributed by atoms with Crippen molar-refractivity contribution < 1.29 is 26.4 Å². The molecule has 1 amide bonds. The lowest BCUT2D eigenvalue weighted by Crippen LogP contribution is -2.37. The summed E-state index contributed by atoms with van der Waals surface area (Å²) in [6.07, 6.45) is 0.998. The molecule has 0 heterocycles. The van der Waals surface area contributed by atoms with Crippen molar-refractivity contribution in [3.63, 3.8) is 0 Å². The van der Waals surface area contributed by atoms with Crippen molar-refractivity contribution in [1.29, 1.82) is 0 Å². The summed E-state index contributed by atoms with van der Waals surface area (Å²) in [5.41, 5.74) is 0.989. The smallest absolute Gasteiger partial charge is 0.261 e. The van der Waals surface area contributed by atoms with Gasteiger partial charge in [-0.15, -0.1) is 0 Å². The molecule has 0 aromatic heterocycles. The van der Waals surface area contributed by atoms with Gasteiger partial charge >= 0.3 is 0 Å². The van der Waals surface area contributed by atoms with Crippen LogP contribution in [0.25, 0.3) is 0 Å². The fourth-order valence-corrected chi connectivity index (χ4v) is 5.12. The normalized spacial score (nSPS) is 11.5. The van der Waals surface area contributed by atoms with Crippen molar-refractivity contribution in [2.45, 2.75) is 4.90 Å². The number of carbonyl (C=O) groups is 1. The molecule has 9 nitrogen and oxygen atoms in total. The number of anilines is 3. The average Bonchev–Trinajstić information content (AvgIpc) is 2.78. The Bertz CT molecular complexity index is 1380. The summed E-state index contributed by atoms with van der Waals surface area (Å²) in [6.45, 7) is -0.475. The highest BCUT2D eigenvalue weighted by atomic mass is 79.9. The monoisotopic (exact) mass is 567 g/mol. The Balaban J connectivity index is 1.71. The number of rotatable bonds is 9. The van der Waals surface area contributed by atoms with Crippen LogP contribution >= 0.6 is 15.9 Å². The molecule has 0 saturated heterocycles. The highest BCUT2D eigenvalue weighted by Crippen LogP contribution is 2.24. The molecule has 0 saturated carbocycles. The number of hydrogen-bond acceptors (Lipinski definition) is 6. The van der Waals surface area contributed by atoms with Crippen molar-refractivity contribution in [3.05, 3.63) is 77.3 Å². The van der Waals surface area contributed by atoms with Gasteiger partial charge in [0.1, 0.15) is 12.3 Å². The Morgan fingerprint density at radius 3 is 2.15 bits per heavy atom. The Morgan fingerprint density at radius 2 is 1.56 bits per heavy atom. The van der Waals surface area contributed by atoms with E-state index >= 15 is 0 Å². The lowest BCUT2D eigenvalue weighted by molar-refractivity contribution is -0.114. The molecule has 0 aliphatic carbocycles. The molecule has 0 fully saturated rings. The minimum atomic E-state index is -3.83. The van der Waals surface area contributed by atoms with Gasteiger partial charge in [0.25, 0.3) is 10.0 Å². The summed E-state index contributed by atoms with van der Waals surface area (Å²) in [5, 5.41) is 2.58. The van der Waals surface area contributed by atoms with E-state index in [4.69, 9.17) is 4.74 Å². The van der Waals surface area contributed by atoms with E-state index in [2.05, 4.69) is 26.0 Å². The summed E-state index contributed by atoms with van der Waals surface area (Å²) >= 11 is 3.29. The van der Waals surface area contributed by atoms with E-state index in [9.17, 15) is 21.6 Å². The lowest BCUT2D eigenvalue weighted by atomic mass is 10.3. The maximum Gasteiger partial charge on any atom is 0.261 e. The van der Waals surface area contributed by atoms with Crippen LogP contribution in [0.2, 0.25) is 0 Å². The largest absolute Gasteiger partial charge is 0.497 e. The third-order valence-electron chi connectivity index (χ3n) is 4.57. The predicted octanol–water partition coefficient (Wildman–Crippen LogP) is 3.66. The van der Waals surface area contributed by atoms with Gasteiger partial charge in [-0.05, 0) is 60.7 Å². The van der Waals surface area contributed by atoms with Crippen LogP contribution in [0.15, 0.2) is 82.2 Å². The maximum absolute atomic E-state index is 12.6. The molecule has 3 aromatic carbocycles. The molecule has 0 radical (unpaired) electrons. The molecule has 0 atom stereocenters. The van der Waals surface area contributed by atoms with Crippen LogP contribution in [-0.4, -0.2) is 42.7 Å². The second kappa shape index (κ2) is 10.5. The number of nitrogens with zero attached hydrogens (tertiary/aromatic N) is 1. The molecule has 0 aliphatic heterocycles. The first kappa shape index (κ1) is 25.5. The first-order valence-corrected chi connectivity index (χ1v) is 13.9. The van der Waals surface area contributed by atoms with Gasteiger partial charge < -0.3 is 10.1 Å². The SMILES string of the molecule is COc1cccc(N(CC(=O)Nc2ccc(S(=O)(=O)Nc3ccc(Br)cc3)cc2)S(C)(=O)=O)c1. The van der Waals surface area contributed by atoms with Crippen LogP contribution in [0.1, 0.15) is 0 Å². The van der Waals surface area contributed by atoms with Gasteiger partial charge in [0, 0.05) is 21.9 Å². The fraction of sp³-hybridized carbons (Fsp3) is 0.136. The van der Waals surface area contributed by atoms with Gasteiger partial charge in [-0.2, -0.15) is 0 Å². The highest BCUT2D eigenvalue weighted by Gasteiger charge is 2.22. The zero-order chi connectivity index (χ0) is 24.9. The van der Waals surface area contributed by atoms with E-state index in [0.29, 0.717) is 17.1 Å². The molecular formula is C22H22BrN3O6S2. The highest BCUT2D eigenvalue weighted by molar-refractivity contribution is 9.10. The molecule has 2 N–H and O–H groups in total. The average molecular weight is 568 g/mol. The molecule has 12 heteroatoms. The Morgan fingerprint density at radius 1 is 0.941 bits per heavy atom. The Labute approximate surface area is 207 Å². The molecule has 0 aliphatic rings. The number of amides is 1. The number of halogens is 1. The van der Waals surface area contributed by atoms with Crippen molar-refractivity contribution in [1.82, 2.24) is 0 Å². The van der Waals surface area contributed by atoms with Gasteiger partial charge in [0.2, 0.25) is 15.9 Å². The minimum absolute atomic E-state index is 0.00237. The quantitative estimate of drug-likeness (QED) is 0.407. The van der Waals surface area contributed by atoms with E-state index in [1.54, 1.807) is 42.5 Å². The minimum Gasteiger partial charge on any atom is -0.497 e. The van der Waals surface area contributed by atoms with Gasteiger partial charge in [-0.25, -0.2) is 16.8 Å². The second-order valence-corrected chi connectivity index (χ2v) is 11.7. The Kier molecular flexibility index (Phi) is 7.85. The molecule has 0 bridgehead atoms. The topological polar surface area (TPSA) is 122 Å². The molecule has 0 spiro atoms. The van der Waals surface area contributed by atoms with Crippen molar-refractivity contribution >= 4 is 58.9 Å². The van der Waals surface area contributed by atoms with E-state index in [-0.39, 0.29) is 10.6 Å². The van der Waals surface area contributed by atoms with Crippen LogP contribution in [0.4, 0.5) is 17.1 Å². The first-order valence-electron chi connectivity index (χ1n) is 9.78. The number of methoxy groups -OCH3 is 1. The van der Waals surface area contributed by atoms with E-state index in [1.807, 2.05) is 0 Å². The van der Waals surface area contributed by atoms with Gasteiger partial charge in [-0.3, -0.25) is 13.8 Å². The van der Waals surface area contributed by atoms with Gasteiger partial charge in [0.15, 0.2) is 0 Å². The summed E-state index contributed by atoms with van der Waals surface area (Å²) in [5.74, 6) is -0.156. The number of hydrogen-bond donors (Lipinski definition) is 2. The molecule has 3 aromatic rings. The van der Waals surface area contributed by atoms with Crippen molar-refractivity contribution in [3.8, 4) is 5.75 Å². The van der Waals surface area contributed by atoms with Crippen LogP contribution in [0.5, 0.6) is 5.75 Å². The Hall–Kier alpha value is -3.09. The number of carbonyl (C=O) groups excluding carboxylic acids is 1. The summed E-state index contributed by atoms with van der Waals surface area (Å²) in [6, 6.07) is 18.5. The molecular weight excluding hydrogens is 546 g/mol. The lowest BCUT2D eigenvalue weighted by Gasteiger charge is -2.22. The predicted molar refractivity (Wildman–Crippen MR) is 135 cm³/mol.